The first-order valence-corrected chi connectivity index (χ1v) is 6.99. The van der Waals surface area contributed by atoms with E-state index in [0.29, 0.717) is 25.4 Å². The van der Waals surface area contributed by atoms with Crippen molar-refractivity contribution in [3.63, 3.8) is 0 Å². The van der Waals surface area contributed by atoms with Gasteiger partial charge in [-0.3, -0.25) is 0 Å². The second-order valence-electron chi connectivity index (χ2n) is 5.25. The molecule has 6 heteroatoms. The molecule has 1 aromatic rings. The minimum Gasteiger partial charge on any atom is -0.478 e. The Morgan fingerprint density at radius 2 is 2.19 bits per heavy atom. The first-order valence-electron chi connectivity index (χ1n) is 6.99. The molecule has 0 aromatic heterocycles. The number of nitrogens with one attached hydrogen (secondary N) is 1. The Kier molecular flexibility index (Phi) is 4.80. The van der Waals surface area contributed by atoms with E-state index in [1.807, 2.05) is 13.8 Å². The van der Waals surface area contributed by atoms with Crippen molar-refractivity contribution in [3.05, 3.63) is 29.3 Å². The zero-order chi connectivity index (χ0) is 15.4. The Morgan fingerprint density at radius 1 is 1.43 bits per heavy atom. The van der Waals surface area contributed by atoms with E-state index in [2.05, 4.69) is 5.32 Å². The van der Waals surface area contributed by atoms with Crippen molar-refractivity contribution in [1.82, 2.24) is 4.90 Å². The highest BCUT2D eigenvalue weighted by Crippen LogP contribution is 2.18. The summed E-state index contributed by atoms with van der Waals surface area (Å²) in [6, 6.07) is 4.47. The highest BCUT2D eigenvalue weighted by Gasteiger charge is 2.20. The van der Waals surface area contributed by atoms with Gasteiger partial charge >= 0.3 is 12.0 Å². The maximum absolute atomic E-state index is 12.3. The Balaban J connectivity index is 2.11. The maximum Gasteiger partial charge on any atom is 0.335 e. The topological polar surface area (TPSA) is 78.9 Å². The molecule has 2 amide bonds. The van der Waals surface area contributed by atoms with Crippen molar-refractivity contribution in [3.8, 4) is 0 Å². The SMILES string of the molecule is Cc1ccc(C(=O)O)cc1NC(=O)N1CCCOC(C)C1. The first-order chi connectivity index (χ1) is 9.97. The lowest BCUT2D eigenvalue weighted by molar-refractivity contribution is 0.0696. The van der Waals surface area contributed by atoms with Crippen molar-refractivity contribution < 1.29 is 19.4 Å². The highest BCUT2D eigenvalue weighted by atomic mass is 16.5. The van der Waals surface area contributed by atoms with Gasteiger partial charge in [-0.1, -0.05) is 6.07 Å². The number of rotatable bonds is 2. The fourth-order valence-corrected chi connectivity index (χ4v) is 2.26. The van der Waals surface area contributed by atoms with E-state index in [1.54, 1.807) is 11.0 Å². The van der Waals surface area contributed by atoms with Crippen LogP contribution in [0, 0.1) is 6.92 Å². The van der Waals surface area contributed by atoms with Gasteiger partial charge < -0.3 is 20.1 Å². The van der Waals surface area contributed by atoms with Gasteiger partial charge in [0.15, 0.2) is 0 Å². The minimum atomic E-state index is -1.01. The van der Waals surface area contributed by atoms with Gasteiger partial charge in [0.2, 0.25) is 0 Å². The third-order valence-electron chi connectivity index (χ3n) is 3.47. The lowest BCUT2D eigenvalue weighted by Crippen LogP contribution is -2.39. The second-order valence-corrected chi connectivity index (χ2v) is 5.25. The fourth-order valence-electron chi connectivity index (χ4n) is 2.26. The van der Waals surface area contributed by atoms with Crippen LogP contribution in [0.2, 0.25) is 0 Å². The summed E-state index contributed by atoms with van der Waals surface area (Å²) >= 11 is 0. The molecule has 0 aliphatic carbocycles. The van der Waals surface area contributed by atoms with Gasteiger partial charge in [0, 0.05) is 25.4 Å². The van der Waals surface area contributed by atoms with E-state index in [0.717, 1.165) is 12.0 Å². The summed E-state index contributed by atoms with van der Waals surface area (Å²) < 4.78 is 5.51. The minimum absolute atomic E-state index is 0.00435. The van der Waals surface area contributed by atoms with Crippen LogP contribution in [0.15, 0.2) is 18.2 Å². The molecule has 21 heavy (non-hydrogen) atoms. The third kappa shape index (κ3) is 3.95. The number of carbonyl (C=O) groups excluding carboxylic acids is 1. The van der Waals surface area contributed by atoms with Crippen molar-refractivity contribution in [2.45, 2.75) is 26.4 Å². The zero-order valence-electron chi connectivity index (χ0n) is 12.3. The molecule has 1 aromatic carbocycles. The van der Waals surface area contributed by atoms with Crippen molar-refractivity contribution in [2.24, 2.45) is 0 Å². The molecule has 1 unspecified atom stereocenters. The average molecular weight is 292 g/mol. The van der Waals surface area contributed by atoms with Gasteiger partial charge in [-0.15, -0.1) is 0 Å². The number of carboxylic acids is 1. The van der Waals surface area contributed by atoms with Crippen LogP contribution in [0.4, 0.5) is 10.5 Å². The van der Waals surface area contributed by atoms with Gasteiger partial charge in [0.05, 0.1) is 11.7 Å². The third-order valence-corrected chi connectivity index (χ3v) is 3.47. The second kappa shape index (κ2) is 6.58. The number of ether oxygens (including phenoxy) is 1. The smallest absolute Gasteiger partial charge is 0.335 e. The molecule has 0 spiro atoms. The Hall–Kier alpha value is -2.08. The van der Waals surface area contributed by atoms with E-state index in [4.69, 9.17) is 9.84 Å². The Bertz CT molecular complexity index is 544. The average Bonchev–Trinajstić information content (AvgIpc) is 2.65. The molecule has 0 radical (unpaired) electrons. The van der Waals surface area contributed by atoms with E-state index >= 15 is 0 Å². The number of nitrogens with zero attached hydrogens (tertiary/aromatic N) is 1. The largest absolute Gasteiger partial charge is 0.478 e. The molecular formula is C15H20N2O4. The predicted octanol–water partition coefficient (Wildman–Crippen LogP) is 2.34. The number of aromatic carboxylic acids is 1. The molecule has 0 saturated carbocycles. The summed E-state index contributed by atoms with van der Waals surface area (Å²) in [6.07, 6.45) is 0.802. The standard InChI is InChI=1S/C15H20N2O4/c1-10-4-5-12(14(18)19)8-13(10)16-15(20)17-6-3-7-21-11(2)9-17/h4-5,8,11H,3,6-7,9H2,1-2H3,(H,16,20)(H,18,19). The van der Waals surface area contributed by atoms with E-state index < -0.39 is 5.97 Å². The van der Waals surface area contributed by atoms with E-state index in [9.17, 15) is 9.59 Å². The van der Waals surface area contributed by atoms with Crippen LogP contribution >= 0.6 is 0 Å². The number of carboxylic acid groups (broad SMARTS) is 1. The van der Waals surface area contributed by atoms with Crippen LogP contribution in [0.25, 0.3) is 0 Å². The molecule has 1 heterocycles. The predicted molar refractivity (Wildman–Crippen MR) is 78.8 cm³/mol. The van der Waals surface area contributed by atoms with Crippen LogP contribution in [0.3, 0.4) is 0 Å². The molecular weight excluding hydrogens is 272 g/mol. The molecule has 1 aliphatic rings. The molecule has 1 aliphatic heterocycles. The summed E-state index contributed by atoms with van der Waals surface area (Å²) in [5.41, 5.74) is 1.51. The van der Waals surface area contributed by atoms with Crippen molar-refractivity contribution in [2.75, 3.05) is 25.0 Å². The molecule has 1 atom stereocenters. The monoisotopic (exact) mass is 292 g/mol. The van der Waals surface area contributed by atoms with Crippen LogP contribution in [0.5, 0.6) is 0 Å². The molecule has 2 N–H and O–H groups in total. The van der Waals surface area contributed by atoms with Gasteiger partial charge in [0.1, 0.15) is 0 Å². The maximum atomic E-state index is 12.3. The highest BCUT2D eigenvalue weighted by molar-refractivity contribution is 5.94. The number of hydrogen-bond donors (Lipinski definition) is 2. The number of amides is 2. The van der Waals surface area contributed by atoms with Crippen LogP contribution in [-0.4, -0.2) is 47.8 Å². The van der Waals surface area contributed by atoms with Gasteiger partial charge in [-0.05, 0) is 38.0 Å². The molecule has 114 valence electrons. The van der Waals surface area contributed by atoms with Crippen LogP contribution in [0.1, 0.15) is 29.3 Å². The van der Waals surface area contributed by atoms with Crippen molar-refractivity contribution >= 4 is 17.7 Å². The van der Waals surface area contributed by atoms with Crippen molar-refractivity contribution in [1.29, 1.82) is 0 Å². The Labute approximate surface area is 123 Å². The zero-order valence-corrected chi connectivity index (χ0v) is 12.3. The summed E-state index contributed by atoms with van der Waals surface area (Å²) in [5.74, 6) is -1.01. The summed E-state index contributed by atoms with van der Waals surface area (Å²) in [5, 5.41) is 11.8. The van der Waals surface area contributed by atoms with Crippen LogP contribution < -0.4 is 5.32 Å². The number of anilines is 1. The first kappa shape index (κ1) is 15.3. The summed E-state index contributed by atoms with van der Waals surface area (Å²) in [7, 11) is 0. The van der Waals surface area contributed by atoms with Gasteiger partial charge in [0.25, 0.3) is 0 Å². The Morgan fingerprint density at radius 3 is 2.90 bits per heavy atom. The number of carbonyl (C=O) groups is 2. The van der Waals surface area contributed by atoms with Gasteiger partial charge in [-0.25, -0.2) is 9.59 Å². The normalized spacial score (nSPS) is 19.0. The quantitative estimate of drug-likeness (QED) is 0.877. The number of benzene rings is 1. The van der Waals surface area contributed by atoms with E-state index in [1.165, 1.54) is 12.1 Å². The lowest BCUT2D eigenvalue weighted by Gasteiger charge is -2.23. The molecule has 2 rings (SSSR count). The number of hydrogen-bond acceptors (Lipinski definition) is 3. The molecule has 1 fully saturated rings. The number of urea groups is 1. The van der Waals surface area contributed by atoms with Crippen LogP contribution in [-0.2, 0) is 4.74 Å². The summed E-state index contributed by atoms with van der Waals surface area (Å²) in [4.78, 5) is 25.0. The van der Waals surface area contributed by atoms with E-state index in [-0.39, 0.29) is 17.7 Å². The molecule has 6 nitrogen and oxygen atoms in total. The molecule has 0 bridgehead atoms. The lowest BCUT2D eigenvalue weighted by atomic mass is 10.1. The summed E-state index contributed by atoms with van der Waals surface area (Å²) in [6.45, 7) is 5.58. The fraction of sp³-hybridized carbons (Fsp3) is 0.467. The number of aryl methyl sites for hydroxylation is 1. The van der Waals surface area contributed by atoms with Gasteiger partial charge in [-0.2, -0.15) is 0 Å². The molecule has 1 saturated heterocycles.